The zero-order valence-electron chi connectivity index (χ0n) is 28.8. The Labute approximate surface area is 303 Å². The van der Waals surface area contributed by atoms with Crippen LogP contribution in [0.2, 0.25) is 0 Å². The third kappa shape index (κ3) is 9.09. The van der Waals surface area contributed by atoms with Crippen LogP contribution in [0.3, 0.4) is 0 Å². The lowest BCUT2D eigenvalue weighted by molar-refractivity contribution is -0.149. The van der Waals surface area contributed by atoms with Gasteiger partial charge in [-0.25, -0.2) is 4.39 Å². The minimum atomic E-state index is -4.11. The van der Waals surface area contributed by atoms with Gasteiger partial charge < -0.3 is 25.8 Å². The van der Waals surface area contributed by atoms with Crippen LogP contribution in [-0.2, 0) is 20.3 Å². The Balaban J connectivity index is 1.36. The smallest absolute Gasteiger partial charge is 0.339 e. The topological polar surface area (TPSA) is 173 Å². The molecular weight excluding hydrogens is 700 g/mol. The summed E-state index contributed by atoms with van der Waals surface area (Å²) in [7, 11) is 1.94. The predicted molar refractivity (Wildman–Crippen MR) is 185 cm³/mol. The van der Waals surface area contributed by atoms with Gasteiger partial charge in [0.2, 0.25) is 11.8 Å². The quantitative estimate of drug-likeness (QED) is 0.247. The molecule has 1 aromatic carbocycles. The largest absolute Gasteiger partial charge is 0.351 e. The van der Waals surface area contributed by atoms with Crippen LogP contribution in [0.4, 0.5) is 18.9 Å². The van der Waals surface area contributed by atoms with E-state index in [-0.39, 0.29) is 22.0 Å². The Morgan fingerprint density at radius 2 is 1.71 bits per heavy atom. The Hall–Kier alpha value is -4.95. The molecule has 1 saturated heterocycles. The molecule has 0 bridgehead atoms. The molecule has 5 rings (SSSR count). The summed E-state index contributed by atoms with van der Waals surface area (Å²) in [6.45, 7) is 3.87. The average Bonchev–Trinajstić information content (AvgIpc) is 3.56. The van der Waals surface area contributed by atoms with Crippen LogP contribution < -0.4 is 16.0 Å². The number of nitriles is 1. The maximum atomic E-state index is 15.8. The number of hydrogen-bond donors (Lipinski definition) is 3. The van der Waals surface area contributed by atoms with E-state index < -0.39 is 58.9 Å². The summed E-state index contributed by atoms with van der Waals surface area (Å²) in [5, 5.41) is 20.3. The summed E-state index contributed by atoms with van der Waals surface area (Å²) in [4.78, 5) is 61.1. The van der Waals surface area contributed by atoms with E-state index in [1.807, 2.05) is 7.05 Å². The maximum Gasteiger partial charge on any atom is 0.351 e. The number of benzene rings is 1. The summed E-state index contributed by atoms with van der Waals surface area (Å²) in [5.74, 6) is -9.69. The molecule has 2 aliphatic rings. The minimum absolute atomic E-state index is 0.161. The monoisotopic (exact) mass is 739 g/mol. The molecule has 3 atom stereocenters. The molecule has 1 aliphatic carbocycles. The van der Waals surface area contributed by atoms with E-state index in [1.54, 1.807) is 17.9 Å². The zero-order valence-corrected chi connectivity index (χ0v) is 29.6. The number of halogens is 3. The number of carbonyl (C=O) groups excluding carboxylic acids is 4. The second-order valence-corrected chi connectivity index (χ2v) is 14.0. The van der Waals surface area contributed by atoms with E-state index in [1.165, 1.54) is 18.3 Å². The number of likely N-dealkylation sites (N-methyl/N-ethyl adjacent to an activating group) is 1. The van der Waals surface area contributed by atoms with Crippen molar-refractivity contribution < 1.29 is 32.3 Å². The van der Waals surface area contributed by atoms with Gasteiger partial charge in [-0.1, -0.05) is 43.2 Å². The highest BCUT2D eigenvalue weighted by Crippen LogP contribution is 2.32. The SMILES string of the molecule is CC(c1ccc(NC(=O)C(NC(=O)C(F)(F)c2cncc(C#N)c2)C2CCCCCC2)c(F)c1)C(NC(=O)c1cnns1)C(=O)N1CCN(C)CC1. The molecule has 0 spiro atoms. The molecule has 52 heavy (non-hydrogen) atoms. The lowest BCUT2D eigenvalue weighted by Crippen LogP contribution is -2.55. The van der Waals surface area contributed by atoms with Crippen molar-refractivity contribution >= 4 is 40.8 Å². The predicted octanol–water partition coefficient (Wildman–Crippen LogP) is 3.81. The van der Waals surface area contributed by atoms with Crippen LogP contribution in [0.25, 0.3) is 0 Å². The Morgan fingerprint density at radius 1 is 1.00 bits per heavy atom. The molecule has 3 N–H and O–H groups in total. The fourth-order valence-corrected chi connectivity index (χ4v) is 6.92. The summed E-state index contributed by atoms with van der Waals surface area (Å²) in [5.41, 5.74) is -0.865. The van der Waals surface area contributed by atoms with E-state index in [0.29, 0.717) is 44.6 Å². The van der Waals surface area contributed by atoms with E-state index >= 15 is 13.2 Å². The van der Waals surface area contributed by atoms with E-state index in [0.717, 1.165) is 61.7 Å². The van der Waals surface area contributed by atoms with Crippen molar-refractivity contribution in [2.24, 2.45) is 5.92 Å². The van der Waals surface area contributed by atoms with Gasteiger partial charge in [-0.15, -0.1) is 5.10 Å². The number of alkyl halides is 2. The van der Waals surface area contributed by atoms with Gasteiger partial charge in [-0.3, -0.25) is 24.2 Å². The maximum absolute atomic E-state index is 15.8. The van der Waals surface area contributed by atoms with Gasteiger partial charge in [0.15, 0.2) is 0 Å². The first-order chi connectivity index (χ1) is 24.9. The van der Waals surface area contributed by atoms with Crippen LogP contribution >= 0.6 is 11.5 Å². The summed E-state index contributed by atoms with van der Waals surface area (Å²) in [6.07, 6.45) is 7.34. The van der Waals surface area contributed by atoms with Crippen molar-refractivity contribution in [2.45, 2.75) is 69.4 Å². The number of carbonyl (C=O) groups is 4. The van der Waals surface area contributed by atoms with Crippen molar-refractivity contribution in [3.05, 3.63) is 70.2 Å². The second-order valence-electron chi connectivity index (χ2n) is 13.2. The van der Waals surface area contributed by atoms with Gasteiger partial charge in [-0.2, -0.15) is 14.0 Å². The second kappa shape index (κ2) is 17.0. The van der Waals surface area contributed by atoms with Crippen molar-refractivity contribution in [2.75, 3.05) is 38.5 Å². The Bertz CT molecular complexity index is 1790. The molecule has 4 amide bonds. The van der Waals surface area contributed by atoms with Gasteiger partial charge in [0.05, 0.1) is 23.0 Å². The highest BCUT2D eigenvalue weighted by atomic mass is 32.1. The van der Waals surface area contributed by atoms with Crippen molar-refractivity contribution in [3.8, 4) is 6.07 Å². The van der Waals surface area contributed by atoms with Crippen LogP contribution in [0.5, 0.6) is 0 Å². The third-order valence-electron chi connectivity index (χ3n) is 9.68. The normalized spacial score (nSPS) is 17.6. The number of pyridine rings is 1. The number of nitrogens with zero attached hydrogens (tertiary/aromatic N) is 6. The first-order valence-electron chi connectivity index (χ1n) is 17.1. The van der Waals surface area contributed by atoms with E-state index in [2.05, 4.69) is 35.4 Å². The third-order valence-corrected chi connectivity index (χ3v) is 10.3. The Kier molecular flexibility index (Phi) is 12.5. The minimum Gasteiger partial charge on any atom is -0.339 e. The van der Waals surface area contributed by atoms with Crippen molar-refractivity contribution in [1.82, 2.24) is 35.0 Å². The van der Waals surface area contributed by atoms with Gasteiger partial charge >= 0.3 is 5.92 Å². The van der Waals surface area contributed by atoms with Crippen LogP contribution in [0.15, 0.2) is 42.9 Å². The molecule has 1 saturated carbocycles. The van der Waals surface area contributed by atoms with Gasteiger partial charge in [0.25, 0.3) is 11.8 Å². The fraction of sp³-hybridized carbons (Fsp3) is 0.486. The van der Waals surface area contributed by atoms with Gasteiger partial charge in [0, 0.05) is 44.5 Å². The van der Waals surface area contributed by atoms with Gasteiger partial charge in [0.1, 0.15) is 28.8 Å². The van der Waals surface area contributed by atoms with Crippen LogP contribution in [0, 0.1) is 23.1 Å². The number of nitrogens with one attached hydrogen (secondary N) is 3. The molecule has 3 unspecified atom stereocenters. The average molecular weight is 740 g/mol. The molecule has 3 aromatic rings. The van der Waals surface area contributed by atoms with Crippen LogP contribution in [0.1, 0.15) is 77.7 Å². The highest BCUT2D eigenvalue weighted by molar-refractivity contribution is 7.07. The number of amides is 4. The molecule has 0 radical (unpaired) electrons. The highest BCUT2D eigenvalue weighted by Gasteiger charge is 2.44. The Morgan fingerprint density at radius 3 is 2.35 bits per heavy atom. The summed E-state index contributed by atoms with van der Waals surface area (Å²) in [6, 6.07) is 4.04. The number of piperazine rings is 1. The lowest BCUT2D eigenvalue weighted by atomic mass is 9.90. The molecule has 1 aliphatic heterocycles. The standard InChI is InChI=1S/C35H40F3N9O4S/c1-21(29(43-31(48)28-20-41-45-52-28)33(50)47-13-11-46(2)12-14-47)24-9-10-27(26(36)16-24)42-32(49)30(23-7-5-3-4-6-8-23)44-34(51)35(37,38)25-15-22(17-39)18-40-19-25/h9-10,15-16,18-21,23,29-30H,3-8,11-14H2,1-2H3,(H,42,49)(H,43,48)(H,44,51). The summed E-state index contributed by atoms with van der Waals surface area (Å²) >= 11 is 0.870. The molecule has 2 fully saturated rings. The van der Waals surface area contributed by atoms with Crippen molar-refractivity contribution in [3.63, 3.8) is 0 Å². The number of aromatic nitrogens is 3. The first-order valence-corrected chi connectivity index (χ1v) is 17.9. The molecule has 276 valence electrons. The summed E-state index contributed by atoms with van der Waals surface area (Å²) < 4.78 is 50.2. The number of anilines is 1. The zero-order chi connectivity index (χ0) is 37.4. The molecule has 2 aromatic heterocycles. The molecule has 17 heteroatoms. The lowest BCUT2D eigenvalue weighted by Gasteiger charge is -2.36. The van der Waals surface area contributed by atoms with Crippen molar-refractivity contribution in [1.29, 1.82) is 5.26 Å². The van der Waals surface area contributed by atoms with E-state index in [4.69, 9.17) is 5.26 Å². The fourth-order valence-electron chi connectivity index (χ4n) is 6.50. The number of hydrogen-bond acceptors (Lipinski definition) is 10. The number of rotatable bonds is 11. The van der Waals surface area contributed by atoms with E-state index in [9.17, 15) is 19.2 Å². The first kappa shape index (κ1) is 38.3. The molecule has 3 heterocycles. The van der Waals surface area contributed by atoms with Crippen LogP contribution in [-0.4, -0.2) is 93.3 Å². The molecular formula is C35H40F3N9O4S. The van der Waals surface area contributed by atoms with Gasteiger partial charge in [-0.05, 0) is 61.1 Å². The molecule has 13 nitrogen and oxygen atoms in total.